The topological polar surface area (TPSA) is 78.9 Å². The Balaban J connectivity index is 2.00. The van der Waals surface area contributed by atoms with Gasteiger partial charge in [-0.2, -0.15) is 5.26 Å². The maximum atomic E-state index is 10.9. The van der Waals surface area contributed by atoms with Gasteiger partial charge in [0.05, 0.1) is 23.9 Å². The first kappa shape index (κ1) is 12.9. The highest BCUT2D eigenvalue weighted by molar-refractivity contribution is 5.85. The van der Waals surface area contributed by atoms with E-state index in [1.54, 1.807) is 18.2 Å². The molecule has 3 rings (SSSR count). The molecular weight excluding hydrogens is 266 g/mol. The lowest BCUT2D eigenvalue weighted by Crippen LogP contribution is -2.05. The molecular formula is C16H11N3O2. The Labute approximate surface area is 120 Å². The predicted octanol–water partition coefficient (Wildman–Crippen LogP) is 2.65. The normalized spacial score (nSPS) is 10.4. The van der Waals surface area contributed by atoms with Crippen LogP contribution >= 0.6 is 0 Å². The SMILES string of the molecule is N#Cc1ccc2ccn(Cc3cccc(C(=O)O)n3)c2c1. The molecule has 0 radical (unpaired) electrons. The summed E-state index contributed by atoms with van der Waals surface area (Å²) in [5.74, 6) is -1.04. The molecule has 102 valence electrons. The summed E-state index contributed by atoms with van der Waals surface area (Å²) < 4.78 is 1.95. The Bertz CT molecular complexity index is 875. The van der Waals surface area contributed by atoms with E-state index in [-0.39, 0.29) is 5.69 Å². The highest BCUT2D eigenvalue weighted by atomic mass is 16.4. The number of hydrogen-bond acceptors (Lipinski definition) is 3. The van der Waals surface area contributed by atoms with Crippen molar-refractivity contribution in [2.45, 2.75) is 6.54 Å². The zero-order valence-electron chi connectivity index (χ0n) is 11.0. The lowest BCUT2D eigenvalue weighted by molar-refractivity contribution is 0.0690. The smallest absolute Gasteiger partial charge is 0.354 e. The molecule has 0 aliphatic carbocycles. The molecule has 5 nitrogen and oxygen atoms in total. The zero-order valence-corrected chi connectivity index (χ0v) is 11.0. The second kappa shape index (κ2) is 5.10. The van der Waals surface area contributed by atoms with Crippen molar-refractivity contribution < 1.29 is 9.90 Å². The van der Waals surface area contributed by atoms with Crippen LogP contribution in [0.15, 0.2) is 48.7 Å². The summed E-state index contributed by atoms with van der Waals surface area (Å²) >= 11 is 0. The van der Waals surface area contributed by atoms with Crippen molar-refractivity contribution in [2.75, 3.05) is 0 Å². The minimum Gasteiger partial charge on any atom is -0.477 e. The number of carboxylic acids is 1. The number of pyridine rings is 1. The monoisotopic (exact) mass is 277 g/mol. The summed E-state index contributed by atoms with van der Waals surface area (Å²) in [4.78, 5) is 15.1. The molecule has 21 heavy (non-hydrogen) atoms. The van der Waals surface area contributed by atoms with Gasteiger partial charge >= 0.3 is 5.97 Å². The molecule has 0 saturated carbocycles. The third kappa shape index (κ3) is 2.47. The number of rotatable bonds is 3. The number of aromatic carboxylic acids is 1. The van der Waals surface area contributed by atoms with Gasteiger partial charge in [-0.3, -0.25) is 0 Å². The van der Waals surface area contributed by atoms with Gasteiger partial charge in [-0.05, 0) is 35.7 Å². The standard InChI is InChI=1S/C16H11N3O2/c17-9-11-4-5-12-6-7-19(15(12)8-11)10-13-2-1-3-14(18-13)16(20)21/h1-8H,10H2,(H,20,21). The Hall–Kier alpha value is -3.13. The van der Waals surface area contributed by atoms with Gasteiger partial charge in [0.15, 0.2) is 0 Å². The van der Waals surface area contributed by atoms with Crippen LogP contribution in [0, 0.1) is 11.3 Å². The van der Waals surface area contributed by atoms with Crippen LogP contribution in [0.1, 0.15) is 21.7 Å². The summed E-state index contributed by atoms with van der Waals surface area (Å²) in [6.07, 6.45) is 1.90. The number of nitriles is 1. The average Bonchev–Trinajstić information content (AvgIpc) is 2.89. The van der Waals surface area contributed by atoms with Crippen molar-refractivity contribution in [2.24, 2.45) is 0 Å². The van der Waals surface area contributed by atoms with Crippen molar-refractivity contribution in [3.63, 3.8) is 0 Å². The molecule has 1 aromatic carbocycles. The first-order valence-corrected chi connectivity index (χ1v) is 6.35. The summed E-state index contributed by atoms with van der Waals surface area (Å²) in [6, 6.07) is 14.5. The molecule has 0 fully saturated rings. The van der Waals surface area contributed by atoms with E-state index >= 15 is 0 Å². The van der Waals surface area contributed by atoms with E-state index in [9.17, 15) is 4.79 Å². The van der Waals surface area contributed by atoms with Gasteiger partial charge in [0.1, 0.15) is 5.69 Å². The van der Waals surface area contributed by atoms with E-state index in [0.717, 1.165) is 10.9 Å². The van der Waals surface area contributed by atoms with Crippen molar-refractivity contribution in [3.05, 3.63) is 65.6 Å². The second-order valence-corrected chi connectivity index (χ2v) is 4.65. The Morgan fingerprint density at radius 1 is 1.29 bits per heavy atom. The fourth-order valence-electron chi connectivity index (χ4n) is 2.25. The van der Waals surface area contributed by atoms with Gasteiger partial charge in [0.2, 0.25) is 0 Å². The van der Waals surface area contributed by atoms with Crippen LogP contribution in [0.4, 0.5) is 0 Å². The number of carbonyl (C=O) groups is 1. The molecule has 0 saturated heterocycles. The Kier molecular flexibility index (Phi) is 3.13. The van der Waals surface area contributed by atoms with Crippen molar-refractivity contribution in [3.8, 4) is 6.07 Å². The predicted molar refractivity (Wildman–Crippen MR) is 77.0 cm³/mol. The third-order valence-electron chi connectivity index (χ3n) is 3.26. The van der Waals surface area contributed by atoms with Crippen molar-refractivity contribution in [1.29, 1.82) is 5.26 Å². The summed E-state index contributed by atoms with van der Waals surface area (Å²) in [7, 11) is 0. The molecule has 0 amide bonds. The molecule has 0 aliphatic rings. The van der Waals surface area contributed by atoms with Gasteiger partial charge < -0.3 is 9.67 Å². The van der Waals surface area contributed by atoms with Gasteiger partial charge in [0.25, 0.3) is 0 Å². The maximum absolute atomic E-state index is 10.9. The van der Waals surface area contributed by atoms with Crippen LogP contribution in [0.5, 0.6) is 0 Å². The van der Waals surface area contributed by atoms with Gasteiger partial charge in [0, 0.05) is 11.7 Å². The maximum Gasteiger partial charge on any atom is 0.354 e. The van der Waals surface area contributed by atoms with Crippen molar-refractivity contribution in [1.82, 2.24) is 9.55 Å². The molecule has 0 spiro atoms. The minimum atomic E-state index is -1.04. The second-order valence-electron chi connectivity index (χ2n) is 4.65. The first-order chi connectivity index (χ1) is 10.2. The lowest BCUT2D eigenvalue weighted by atomic mass is 10.2. The number of benzene rings is 1. The van der Waals surface area contributed by atoms with Gasteiger partial charge in [-0.15, -0.1) is 0 Å². The summed E-state index contributed by atoms with van der Waals surface area (Å²) in [5, 5.41) is 19.0. The van der Waals surface area contributed by atoms with E-state index in [4.69, 9.17) is 10.4 Å². The van der Waals surface area contributed by atoms with Crippen LogP contribution < -0.4 is 0 Å². The van der Waals surface area contributed by atoms with E-state index in [1.165, 1.54) is 6.07 Å². The highest BCUT2D eigenvalue weighted by Crippen LogP contribution is 2.18. The number of fused-ring (bicyclic) bond motifs is 1. The molecule has 2 aromatic heterocycles. The van der Waals surface area contributed by atoms with E-state index in [1.807, 2.05) is 29.0 Å². The van der Waals surface area contributed by atoms with Gasteiger partial charge in [-0.25, -0.2) is 9.78 Å². The quantitative estimate of drug-likeness (QED) is 0.798. The van der Waals surface area contributed by atoms with Crippen LogP contribution in [-0.2, 0) is 6.54 Å². The van der Waals surface area contributed by atoms with E-state index < -0.39 is 5.97 Å². The molecule has 2 heterocycles. The van der Waals surface area contributed by atoms with Gasteiger partial charge in [-0.1, -0.05) is 12.1 Å². The average molecular weight is 277 g/mol. The fraction of sp³-hybridized carbons (Fsp3) is 0.0625. The molecule has 0 aliphatic heterocycles. The Morgan fingerprint density at radius 3 is 2.90 bits per heavy atom. The summed E-state index contributed by atoms with van der Waals surface area (Å²) in [5.41, 5.74) is 2.21. The van der Waals surface area contributed by atoms with E-state index in [2.05, 4.69) is 11.1 Å². The molecule has 3 aromatic rings. The number of carboxylic acid groups (broad SMARTS) is 1. The molecule has 5 heteroatoms. The molecule has 0 bridgehead atoms. The number of nitrogens with zero attached hydrogens (tertiary/aromatic N) is 3. The molecule has 0 atom stereocenters. The lowest BCUT2D eigenvalue weighted by Gasteiger charge is -2.06. The summed E-state index contributed by atoms with van der Waals surface area (Å²) in [6.45, 7) is 0.458. The molecule has 1 N–H and O–H groups in total. The van der Waals surface area contributed by atoms with Crippen LogP contribution in [0.2, 0.25) is 0 Å². The fourth-order valence-corrected chi connectivity index (χ4v) is 2.25. The largest absolute Gasteiger partial charge is 0.477 e. The minimum absolute atomic E-state index is 0.0293. The number of aromatic nitrogens is 2. The number of hydrogen-bond donors (Lipinski definition) is 1. The van der Waals surface area contributed by atoms with Crippen LogP contribution in [0.25, 0.3) is 10.9 Å². The Morgan fingerprint density at radius 2 is 2.14 bits per heavy atom. The molecule has 0 unspecified atom stereocenters. The zero-order chi connectivity index (χ0) is 14.8. The van der Waals surface area contributed by atoms with E-state index in [0.29, 0.717) is 17.8 Å². The van der Waals surface area contributed by atoms with Crippen LogP contribution in [-0.4, -0.2) is 20.6 Å². The van der Waals surface area contributed by atoms with Crippen LogP contribution in [0.3, 0.4) is 0 Å². The first-order valence-electron chi connectivity index (χ1n) is 6.35. The van der Waals surface area contributed by atoms with Crippen molar-refractivity contribution >= 4 is 16.9 Å². The highest BCUT2D eigenvalue weighted by Gasteiger charge is 2.07. The third-order valence-corrected chi connectivity index (χ3v) is 3.26.